The zero-order valence-electron chi connectivity index (χ0n) is 15.2. The third-order valence-electron chi connectivity index (χ3n) is 3.68. The SMILES string of the molecule is CC(C)CNC(=O)[C@H](C)Sc1nc2cc(Cl)ccc2c(=O)n1C(C)C. The highest BCUT2D eigenvalue weighted by Gasteiger charge is 2.20. The van der Waals surface area contributed by atoms with E-state index in [-0.39, 0.29) is 22.8 Å². The van der Waals surface area contributed by atoms with E-state index in [2.05, 4.69) is 10.3 Å². The molecular weight excluding hydrogens is 358 g/mol. The van der Waals surface area contributed by atoms with Gasteiger partial charge in [-0.1, -0.05) is 37.2 Å². The van der Waals surface area contributed by atoms with Gasteiger partial charge in [-0.2, -0.15) is 0 Å². The van der Waals surface area contributed by atoms with E-state index in [0.717, 1.165) is 0 Å². The summed E-state index contributed by atoms with van der Waals surface area (Å²) in [5, 5.41) is 4.15. The molecule has 1 amide bonds. The van der Waals surface area contributed by atoms with Crippen LogP contribution in [0.5, 0.6) is 0 Å². The van der Waals surface area contributed by atoms with E-state index < -0.39 is 0 Å². The first-order valence-electron chi connectivity index (χ1n) is 8.36. The molecule has 1 N–H and O–H groups in total. The second-order valence-corrected chi connectivity index (χ2v) is 8.47. The third-order valence-corrected chi connectivity index (χ3v) is 4.99. The minimum atomic E-state index is -0.354. The fourth-order valence-electron chi connectivity index (χ4n) is 2.35. The Morgan fingerprint density at radius 3 is 2.56 bits per heavy atom. The smallest absolute Gasteiger partial charge is 0.262 e. The van der Waals surface area contributed by atoms with E-state index in [4.69, 9.17) is 11.6 Å². The highest BCUT2D eigenvalue weighted by molar-refractivity contribution is 8.00. The molecule has 0 fully saturated rings. The van der Waals surface area contributed by atoms with E-state index in [1.165, 1.54) is 11.8 Å². The van der Waals surface area contributed by atoms with E-state index in [1.54, 1.807) is 22.8 Å². The molecule has 0 unspecified atom stereocenters. The van der Waals surface area contributed by atoms with Crippen LogP contribution in [-0.4, -0.2) is 27.3 Å². The normalized spacial score (nSPS) is 12.8. The van der Waals surface area contributed by atoms with Crippen LogP contribution in [-0.2, 0) is 4.79 Å². The maximum absolute atomic E-state index is 12.8. The number of carbonyl (C=O) groups excluding carboxylic acids is 1. The predicted molar refractivity (Wildman–Crippen MR) is 105 cm³/mol. The van der Waals surface area contributed by atoms with Crippen LogP contribution in [0.1, 0.15) is 40.7 Å². The molecule has 0 bridgehead atoms. The van der Waals surface area contributed by atoms with E-state index in [9.17, 15) is 9.59 Å². The summed E-state index contributed by atoms with van der Waals surface area (Å²) in [6.45, 7) is 10.4. The van der Waals surface area contributed by atoms with Gasteiger partial charge in [0.05, 0.1) is 16.2 Å². The van der Waals surface area contributed by atoms with Crippen molar-refractivity contribution in [1.82, 2.24) is 14.9 Å². The molecule has 0 spiro atoms. The number of hydrogen-bond donors (Lipinski definition) is 1. The molecule has 0 saturated carbocycles. The number of amides is 1. The van der Waals surface area contributed by atoms with E-state index >= 15 is 0 Å². The number of carbonyl (C=O) groups is 1. The number of rotatable bonds is 6. The molecule has 0 aliphatic heterocycles. The van der Waals surface area contributed by atoms with E-state index in [0.29, 0.717) is 33.5 Å². The third kappa shape index (κ3) is 4.76. The highest BCUT2D eigenvalue weighted by Crippen LogP contribution is 2.26. The maximum Gasteiger partial charge on any atom is 0.262 e. The quantitative estimate of drug-likeness (QED) is 0.609. The van der Waals surface area contributed by atoms with Crippen molar-refractivity contribution in [1.29, 1.82) is 0 Å². The summed E-state index contributed by atoms with van der Waals surface area (Å²) >= 11 is 7.32. The lowest BCUT2D eigenvalue weighted by Gasteiger charge is -2.19. The Bertz CT molecular complexity index is 833. The minimum absolute atomic E-state index is 0.0607. The van der Waals surface area contributed by atoms with Gasteiger partial charge in [-0.05, 0) is 44.9 Å². The lowest BCUT2D eigenvalue weighted by Crippen LogP contribution is -2.34. The summed E-state index contributed by atoms with van der Waals surface area (Å²) in [6, 6.07) is 5.00. The van der Waals surface area contributed by atoms with Crippen LogP contribution in [0.2, 0.25) is 5.02 Å². The standard InChI is InChI=1S/C18H24ClN3O2S/c1-10(2)9-20-16(23)12(5)25-18-21-15-8-13(19)6-7-14(15)17(24)22(18)11(3)4/h6-8,10-12H,9H2,1-5H3,(H,20,23)/t12-/m0/s1. The maximum atomic E-state index is 12.8. The molecule has 7 heteroatoms. The summed E-state index contributed by atoms with van der Waals surface area (Å²) in [7, 11) is 0. The average Bonchev–Trinajstić information content (AvgIpc) is 2.51. The number of halogens is 1. The molecule has 1 aromatic heterocycles. The van der Waals surface area contributed by atoms with Gasteiger partial charge >= 0.3 is 0 Å². The first kappa shape index (κ1) is 19.8. The van der Waals surface area contributed by atoms with Gasteiger partial charge in [-0.25, -0.2) is 4.98 Å². The summed E-state index contributed by atoms with van der Waals surface area (Å²) in [5.41, 5.74) is 0.431. The topological polar surface area (TPSA) is 64.0 Å². The number of benzene rings is 1. The Balaban J connectivity index is 2.40. The number of thioether (sulfide) groups is 1. The molecule has 25 heavy (non-hydrogen) atoms. The van der Waals surface area contributed by atoms with Crippen molar-refractivity contribution in [2.24, 2.45) is 5.92 Å². The van der Waals surface area contributed by atoms with Gasteiger partial charge in [0.2, 0.25) is 5.91 Å². The van der Waals surface area contributed by atoms with Gasteiger partial charge in [-0.15, -0.1) is 0 Å². The minimum Gasteiger partial charge on any atom is -0.355 e. The Labute approximate surface area is 157 Å². The molecule has 136 valence electrons. The van der Waals surface area contributed by atoms with Crippen LogP contribution >= 0.6 is 23.4 Å². The van der Waals surface area contributed by atoms with Gasteiger partial charge in [0.1, 0.15) is 0 Å². The van der Waals surface area contributed by atoms with Crippen molar-refractivity contribution in [3.63, 3.8) is 0 Å². The van der Waals surface area contributed by atoms with Crippen molar-refractivity contribution in [3.05, 3.63) is 33.6 Å². The lowest BCUT2D eigenvalue weighted by molar-refractivity contribution is -0.120. The zero-order valence-corrected chi connectivity index (χ0v) is 16.7. The Kier molecular flexibility index (Phi) is 6.52. The Hall–Kier alpha value is -1.53. The second kappa shape index (κ2) is 8.23. The van der Waals surface area contributed by atoms with Crippen LogP contribution in [0.25, 0.3) is 10.9 Å². The summed E-state index contributed by atoms with van der Waals surface area (Å²) < 4.78 is 1.63. The molecule has 2 rings (SSSR count). The van der Waals surface area contributed by atoms with Crippen molar-refractivity contribution in [3.8, 4) is 0 Å². The molecule has 1 atom stereocenters. The van der Waals surface area contributed by atoms with Crippen LogP contribution in [0.4, 0.5) is 0 Å². The molecule has 0 aliphatic carbocycles. The van der Waals surface area contributed by atoms with Crippen molar-refractivity contribution < 1.29 is 4.79 Å². The van der Waals surface area contributed by atoms with Crippen LogP contribution in [0.15, 0.2) is 28.2 Å². The van der Waals surface area contributed by atoms with Gasteiger partial charge in [0, 0.05) is 17.6 Å². The van der Waals surface area contributed by atoms with E-state index in [1.807, 2.05) is 34.6 Å². The van der Waals surface area contributed by atoms with Crippen molar-refractivity contribution in [2.75, 3.05) is 6.54 Å². The number of nitrogens with zero attached hydrogens (tertiary/aromatic N) is 2. The van der Waals surface area contributed by atoms with Gasteiger partial charge in [0.15, 0.2) is 5.16 Å². The molecule has 5 nitrogen and oxygen atoms in total. The van der Waals surface area contributed by atoms with Crippen molar-refractivity contribution in [2.45, 2.75) is 51.1 Å². The number of aromatic nitrogens is 2. The monoisotopic (exact) mass is 381 g/mol. The highest BCUT2D eigenvalue weighted by atomic mass is 35.5. The second-order valence-electron chi connectivity index (χ2n) is 6.72. The zero-order chi connectivity index (χ0) is 18.7. The first-order chi connectivity index (χ1) is 11.7. The summed E-state index contributed by atoms with van der Waals surface area (Å²) in [5.74, 6) is 0.324. The van der Waals surface area contributed by atoms with Crippen LogP contribution < -0.4 is 10.9 Å². The van der Waals surface area contributed by atoms with Gasteiger partial charge < -0.3 is 5.32 Å². The number of fused-ring (bicyclic) bond motifs is 1. The molecule has 1 heterocycles. The average molecular weight is 382 g/mol. The molecule has 0 aliphatic rings. The fraction of sp³-hybridized carbons (Fsp3) is 0.500. The number of nitrogens with one attached hydrogen (secondary N) is 1. The molecule has 0 radical (unpaired) electrons. The van der Waals surface area contributed by atoms with Crippen LogP contribution in [0, 0.1) is 5.92 Å². The summed E-state index contributed by atoms with van der Waals surface area (Å²) in [6.07, 6.45) is 0. The molecular formula is C18H24ClN3O2S. The lowest BCUT2D eigenvalue weighted by atomic mass is 10.2. The first-order valence-corrected chi connectivity index (χ1v) is 9.62. The van der Waals surface area contributed by atoms with Crippen molar-refractivity contribution >= 4 is 40.2 Å². The molecule has 2 aromatic rings. The predicted octanol–water partition coefficient (Wildman–Crippen LogP) is 3.88. The summed E-state index contributed by atoms with van der Waals surface area (Å²) in [4.78, 5) is 29.7. The largest absolute Gasteiger partial charge is 0.355 e. The Morgan fingerprint density at radius 1 is 1.28 bits per heavy atom. The molecule has 0 saturated heterocycles. The van der Waals surface area contributed by atoms with Gasteiger partial charge in [0.25, 0.3) is 5.56 Å². The number of hydrogen-bond acceptors (Lipinski definition) is 4. The Morgan fingerprint density at radius 2 is 1.96 bits per heavy atom. The molecule has 1 aromatic carbocycles. The van der Waals surface area contributed by atoms with Crippen LogP contribution in [0.3, 0.4) is 0 Å². The fourth-order valence-corrected chi connectivity index (χ4v) is 3.58. The van der Waals surface area contributed by atoms with Gasteiger partial charge in [-0.3, -0.25) is 14.2 Å².